The van der Waals surface area contributed by atoms with E-state index in [2.05, 4.69) is 13.8 Å². The van der Waals surface area contributed by atoms with Gasteiger partial charge in [-0.2, -0.15) is 0 Å². The molecule has 4 nitrogen and oxygen atoms in total. The van der Waals surface area contributed by atoms with E-state index < -0.39 is 5.97 Å². The number of rotatable bonds is 8. The zero-order valence-corrected chi connectivity index (χ0v) is 12.3. The number of carboxylic acid groups (broad SMARTS) is 1. The molecule has 2 unspecified atom stereocenters. The third-order valence-corrected chi connectivity index (χ3v) is 3.86. The molecule has 18 heavy (non-hydrogen) atoms. The Morgan fingerprint density at radius 3 is 1.89 bits per heavy atom. The molecule has 0 bridgehead atoms. The molecule has 0 aliphatic heterocycles. The van der Waals surface area contributed by atoms with Crippen molar-refractivity contribution >= 4 is 11.9 Å². The molecule has 0 aromatic carbocycles. The second kappa shape index (κ2) is 8.11. The summed E-state index contributed by atoms with van der Waals surface area (Å²) in [5.41, 5.74) is 0. The summed E-state index contributed by atoms with van der Waals surface area (Å²) in [6, 6.07) is -0.0228. The van der Waals surface area contributed by atoms with Crippen LogP contribution in [0.2, 0.25) is 0 Å². The fraction of sp³-hybridized carbons (Fsp3) is 0.857. The van der Waals surface area contributed by atoms with Gasteiger partial charge in [-0.3, -0.25) is 9.59 Å². The molecule has 0 aromatic heterocycles. The van der Waals surface area contributed by atoms with Crippen molar-refractivity contribution in [2.45, 2.75) is 59.9 Å². The molecule has 106 valence electrons. The Labute approximate surface area is 110 Å². The zero-order chi connectivity index (χ0) is 14.3. The van der Waals surface area contributed by atoms with Crippen LogP contribution in [-0.2, 0) is 9.59 Å². The fourth-order valence-corrected chi connectivity index (χ4v) is 2.28. The summed E-state index contributed by atoms with van der Waals surface area (Å²) >= 11 is 0. The second-order valence-corrected chi connectivity index (χ2v) is 4.98. The van der Waals surface area contributed by atoms with Crippen LogP contribution in [0.4, 0.5) is 0 Å². The van der Waals surface area contributed by atoms with Gasteiger partial charge in [0.1, 0.15) is 6.54 Å². The van der Waals surface area contributed by atoms with Gasteiger partial charge < -0.3 is 10.0 Å². The van der Waals surface area contributed by atoms with Gasteiger partial charge in [0.25, 0.3) is 0 Å². The van der Waals surface area contributed by atoms with Gasteiger partial charge in [0.2, 0.25) is 5.91 Å². The Bertz CT molecular complexity index is 274. The van der Waals surface area contributed by atoms with Crippen LogP contribution >= 0.6 is 0 Å². The van der Waals surface area contributed by atoms with Crippen molar-refractivity contribution in [2.24, 2.45) is 11.8 Å². The number of carboxylic acids is 1. The van der Waals surface area contributed by atoms with Gasteiger partial charge in [-0.15, -0.1) is 0 Å². The average Bonchev–Trinajstić information content (AvgIpc) is 2.35. The van der Waals surface area contributed by atoms with Crippen LogP contribution in [0, 0.1) is 11.8 Å². The van der Waals surface area contributed by atoms with Crippen molar-refractivity contribution in [3.8, 4) is 0 Å². The Balaban J connectivity index is 4.88. The molecular formula is C14H27NO3. The highest BCUT2D eigenvalue weighted by Gasteiger charge is 2.29. The van der Waals surface area contributed by atoms with E-state index in [1.54, 1.807) is 0 Å². The second-order valence-electron chi connectivity index (χ2n) is 4.98. The van der Waals surface area contributed by atoms with Crippen LogP contribution < -0.4 is 0 Å². The highest BCUT2D eigenvalue weighted by molar-refractivity contribution is 5.83. The van der Waals surface area contributed by atoms with Gasteiger partial charge in [-0.25, -0.2) is 0 Å². The molecule has 0 fully saturated rings. The van der Waals surface area contributed by atoms with E-state index in [9.17, 15) is 9.59 Å². The number of nitrogens with zero attached hydrogens (tertiary/aromatic N) is 1. The molecule has 1 amide bonds. The maximum absolute atomic E-state index is 12.4. The molecule has 0 saturated heterocycles. The normalized spacial score (nSPS) is 14.3. The molecule has 0 radical (unpaired) electrons. The first-order valence-electron chi connectivity index (χ1n) is 6.91. The van der Waals surface area contributed by atoms with Crippen molar-refractivity contribution in [1.29, 1.82) is 0 Å². The smallest absolute Gasteiger partial charge is 0.323 e. The summed E-state index contributed by atoms with van der Waals surface area (Å²) in [6.07, 6.45) is 2.67. The summed E-state index contributed by atoms with van der Waals surface area (Å²) in [6.45, 7) is 9.73. The van der Waals surface area contributed by atoms with Crippen molar-refractivity contribution < 1.29 is 14.7 Å². The van der Waals surface area contributed by atoms with Crippen molar-refractivity contribution in [3.05, 3.63) is 0 Å². The third kappa shape index (κ3) is 4.67. The molecule has 0 aliphatic carbocycles. The number of hydrogen-bond donors (Lipinski definition) is 1. The zero-order valence-electron chi connectivity index (χ0n) is 12.3. The van der Waals surface area contributed by atoms with E-state index in [1.807, 2.05) is 20.8 Å². The van der Waals surface area contributed by atoms with Crippen molar-refractivity contribution in [3.63, 3.8) is 0 Å². The molecule has 4 heteroatoms. The monoisotopic (exact) mass is 257 g/mol. The Morgan fingerprint density at radius 2 is 1.56 bits per heavy atom. The number of aliphatic carboxylic acids is 1. The number of carbonyl (C=O) groups excluding carboxylic acids is 1. The van der Waals surface area contributed by atoms with Crippen molar-refractivity contribution in [2.75, 3.05) is 6.54 Å². The van der Waals surface area contributed by atoms with Crippen LogP contribution in [0.15, 0.2) is 0 Å². The van der Waals surface area contributed by atoms with E-state index in [-0.39, 0.29) is 24.4 Å². The summed E-state index contributed by atoms with van der Waals surface area (Å²) in [7, 11) is 0. The van der Waals surface area contributed by atoms with Gasteiger partial charge in [0, 0.05) is 12.0 Å². The predicted molar refractivity (Wildman–Crippen MR) is 72.3 cm³/mol. The van der Waals surface area contributed by atoms with E-state index in [0.29, 0.717) is 5.92 Å². The van der Waals surface area contributed by atoms with Crippen LogP contribution in [0.25, 0.3) is 0 Å². The van der Waals surface area contributed by atoms with Crippen LogP contribution in [-0.4, -0.2) is 34.5 Å². The standard InChI is InChI=1S/C14H27NO3/c1-6-10(4)15(9-13(16)17)14(18)11(5)12(7-2)8-3/h10-12H,6-9H2,1-5H3,(H,16,17). The van der Waals surface area contributed by atoms with Crippen LogP contribution in [0.5, 0.6) is 0 Å². The molecule has 1 N–H and O–H groups in total. The maximum atomic E-state index is 12.4. The van der Waals surface area contributed by atoms with E-state index >= 15 is 0 Å². The van der Waals surface area contributed by atoms with E-state index in [1.165, 1.54) is 4.90 Å². The fourth-order valence-electron chi connectivity index (χ4n) is 2.28. The Kier molecular flexibility index (Phi) is 7.64. The minimum Gasteiger partial charge on any atom is -0.480 e. The van der Waals surface area contributed by atoms with Crippen LogP contribution in [0.1, 0.15) is 53.9 Å². The molecule has 0 spiro atoms. The van der Waals surface area contributed by atoms with Crippen molar-refractivity contribution in [1.82, 2.24) is 4.90 Å². The number of amides is 1. The molecule has 2 atom stereocenters. The number of carbonyl (C=O) groups is 2. The first-order valence-corrected chi connectivity index (χ1v) is 6.91. The highest BCUT2D eigenvalue weighted by atomic mass is 16.4. The largest absolute Gasteiger partial charge is 0.480 e. The molecule has 0 heterocycles. The van der Waals surface area contributed by atoms with E-state index in [4.69, 9.17) is 5.11 Å². The molecule has 0 saturated carbocycles. The summed E-state index contributed by atoms with van der Waals surface area (Å²) in [5.74, 6) is -0.743. The lowest BCUT2D eigenvalue weighted by Crippen LogP contribution is -2.45. The summed E-state index contributed by atoms with van der Waals surface area (Å²) < 4.78 is 0. The van der Waals surface area contributed by atoms with Crippen LogP contribution in [0.3, 0.4) is 0 Å². The quantitative estimate of drug-likeness (QED) is 0.727. The summed E-state index contributed by atoms with van der Waals surface area (Å²) in [5, 5.41) is 8.92. The van der Waals surface area contributed by atoms with Gasteiger partial charge in [-0.1, -0.05) is 40.5 Å². The van der Waals surface area contributed by atoms with Gasteiger partial charge in [0.05, 0.1) is 0 Å². The third-order valence-electron chi connectivity index (χ3n) is 3.86. The topological polar surface area (TPSA) is 57.6 Å². The SMILES string of the molecule is CCC(CC)C(C)C(=O)N(CC(=O)O)C(C)CC. The predicted octanol–water partition coefficient (Wildman–Crippen LogP) is 2.77. The average molecular weight is 257 g/mol. The van der Waals surface area contributed by atoms with E-state index in [0.717, 1.165) is 19.3 Å². The maximum Gasteiger partial charge on any atom is 0.323 e. The molecule has 0 aliphatic rings. The lowest BCUT2D eigenvalue weighted by atomic mass is 9.88. The minimum absolute atomic E-state index is 0.0228. The Morgan fingerprint density at radius 1 is 1.06 bits per heavy atom. The molecule has 0 rings (SSSR count). The Hall–Kier alpha value is -1.06. The van der Waals surface area contributed by atoms with Gasteiger partial charge >= 0.3 is 5.97 Å². The van der Waals surface area contributed by atoms with Gasteiger partial charge in [0.15, 0.2) is 0 Å². The summed E-state index contributed by atoms with van der Waals surface area (Å²) in [4.78, 5) is 24.8. The first-order chi connectivity index (χ1) is 8.38. The lowest BCUT2D eigenvalue weighted by molar-refractivity contribution is -0.148. The molecular weight excluding hydrogens is 230 g/mol. The first kappa shape index (κ1) is 16.9. The lowest BCUT2D eigenvalue weighted by Gasteiger charge is -2.32. The minimum atomic E-state index is -0.944. The molecule has 0 aromatic rings. The van der Waals surface area contributed by atoms with Gasteiger partial charge in [-0.05, 0) is 19.3 Å². The highest BCUT2D eigenvalue weighted by Crippen LogP contribution is 2.22. The number of hydrogen-bond acceptors (Lipinski definition) is 2.